The van der Waals surface area contributed by atoms with Crippen LogP contribution >= 0.6 is 15.9 Å². The molecule has 3 rings (SSSR count). The number of rotatable bonds is 2. The Morgan fingerprint density at radius 2 is 1.76 bits per heavy atom. The van der Waals surface area contributed by atoms with Gasteiger partial charge in [-0.1, -0.05) is 15.9 Å². The maximum absolute atomic E-state index is 11.4. The molecule has 3 aromatic rings. The number of nitrogens with one attached hydrogen (secondary N) is 2. The van der Waals surface area contributed by atoms with Crippen LogP contribution in [0.5, 0.6) is 0 Å². The maximum atomic E-state index is 11.4. The average molecular weight is 350 g/mol. The molecule has 0 bridgehead atoms. The third-order valence-corrected chi connectivity index (χ3v) is 4.58. The van der Waals surface area contributed by atoms with E-state index < -0.39 is 0 Å². The Labute approximate surface area is 129 Å². The van der Waals surface area contributed by atoms with Gasteiger partial charge >= 0.3 is 5.69 Å². The first kappa shape index (κ1) is 14.2. The van der Waals surface area contributed by atoms with E-state index in [1.54, 1.807) is 0 Å². The molecule has 0 aliphatic heterocycles. The zero-order valence-electron chi connectivity index (χ0n) is 12.0. The number of aryl methyl sites for hydroxylation is 2. The van der Waals surface area contributed by atoms with Crippen LogP contribution < -0.4 is 11.4 Å². The maximum Gasteiger partial charge on any atom is 0.323 e. The Morgan fingerprint density at radius 3 is 2.33 bits per heavy atom. The molecule has 6 heteroatoms. The number of halogens is 1. The Bertz CT molecular complexity index is 888. The molecule has 1 atom stereocenters. The number of aromatic amines is 2. The van der Waals surface area contributed by atoms with Crippen molar-refractivity contribution in [3.8, 4) is 0 Å². The van der Waals surface area contributed by atoms with Gasteiger partial charge in [0.1, 0.15) is 11.5 Å². The number of hydrogen-bond acceptors (Lipinski definition) is 3. The van der Waals surface area contributed by atoms with Crippen molar-refractivity contribution in [3.05, 3.63) is 55.3 Å². The average Bonchev–Trinajstić information content (AvgIpc) is 2.87. The molecule has 21 heavy (non-hydrogen) atoms. The minimum Gasteiger partial charge on any atom is -0.466 e. The molecule has 0 fully saturated rings. The van der Waals surface area contributed by atoms with Gasteiger partial charge in [0.15, 0.2) is 0 Å². The third-order valence-electron chi connectivity index (χ3n) is 3.90. The monoisotopic (exact) mass is 349 g/mol. The number of nitrogens with two attached hydrogens (primary N) is 1. The molecule has 0 spiro atoms. The molecule has 0 amide bonds. The standard InChI is InChI=1S/C15H16BrN3O2/c1-6-7(2)21-8(3)13(6)14(17)9-4-11-12(5-10(9)16)19-15(20)18-11/h4-5,14H,17H2,1-3H3,(H2,18,19,20). The summed E-state index contributed by atoms with van der Waals surface area (Å²) in [6.45, 7) is 5.85. The lowest BCUT2D eigenvalue weighted by Gasteiger charge is -2.15. The summed E-state index contributed by atoms with van der Waals surface area (Å²) in [6, 6.07) is 3.43. The van der Waals surface area contributed by atoms with Crippen molar-refractivity contribution < 1.29 is 4.42 Å². The van der Waals surface area contributed by atoms with Crippen LogP contribution in [0.1, 0.15) is 34.3 Å². The van der Waals surface area contributed by atoms with Crippen molar-refractivity contribution in [3.63, 3.8) is 0 Å². The predicted octanol–water partition coefficient (Wildman–Crippen LogP) is 3.19. The van der Waals surface area contributed by atoms with Crippen molar-refractivity contribution in [2.24, 2.45) is 5.73 Å². The summed E-state index contributed by atoms with van der Waals surface area (Å²) in [5.74, 6) is 1.71. The molecule has 2 aromatic heterocycles. The Hall–Kier alpha value is -1.79. The van der Waals surface area contributed by atoms with E-state index in [-0.39, 0.29) is 11.7 Å². The fraction of sp³-hybridized carbons (Fsp3) is 0.267. The first-order chi connectivity index (χ1) is 9.88. The second kappa shape index (κ2) is 4.89. The van der Waals surface area contributed by atoms with Gasteiger partial charge in [-0.15, -0.1) is 0 Å². The van der Waals surface area contributed by atoms with Gasteiger partial charge in [-0.3, -0.25) is 0 Å². The molecule has 0 radical (unpaired) electrons. The van der Waals surface area contributed by atoms with Gasteiger partial charge in [-0.2, -0.15) is 0 Å². The molecule has 5 nitrogen and oxygen atoms in total. The van der Waals surface area contributed by atoms with Crippen molar-refractivity contribution in [1.82, 2.24) is 9.97 Å². The minimum absolute atomic E-state index is 0.228. The van der Waals surface area contributed by atoms with Crippen LogP contribution in [0, 0.1) is 20.8 Å². The second-order valence-electron chi connectivity index (χ2n) is 5.23. The lowest BCUT2D eigenvalue weighted by Crippen LogP contribution is -2.14. The summed E-state index contributed by atoms with van der Waals surface area (Å²) in [6.07, 6.45) is 0. The van der Waals surface area contributed by atoms with Crippen LogP contribution in [-0.2, 0) is 0 Å². The molecule has 0 aliphatic rings. The van der Waals surface area contributed by atoms with Crippen LogP contribution in [-0.4, -0.2) is 9.97 Å². The summed E-state index contributed by atoms with van der Waals surface area (Å²) in [4.78, 5) is 16.9. The Balaban J connectivity index is 2.18. The summed E-state index contributed by atoms with van der Waals surface area (Å²) in [5.41, 5.74) is 10.7. The highest BCUT2D eigenvalue weighted by Gasteiger charge is 2.21. The molecule has 1 unspecified atom stereocenters. The molecule has 4 N–H and O–H groups in total. The Kier molecular flexibility index (Phi) is 3.30. The van der Waals surface area contributed by atoms with E-state index in [1.807, 2.05) is 32.9 Å². The number of imidazole rings is 1. The summed E-state index contributed by atoms with van der Waals surface area (Å²) in [7, 11) is 0. The third kappa shape index (κ3) is 2.24. The van der Waals surface area contributed by atoms with Gasteiger partial charge in [-0.05, 0) is 44.0 Å². The summed E-state index contributed by atoms with van der Waals surface area (Å²) in [5, 5.41) is 0. The number of furan rings is 1. The van der Waals surface area contributed by atoms with Gasteiger partial charge in [-0.25, -0.2) is 4.79 Å². The quantitative estimate of drug-likeness (QED) is 0.663. The lowest BCUT2D eigenvalue weighted by molar-refractivity contribution is 0.498. The molecule has 2 heterocycles. The molecule has 0 saturated heterocycles. The highest BCUT2D eigenvalue weighted by atomic mass is 79.9. The first-order valence-corrected chi connectivity index (χ1v) is 7.41. The van der Waals surface area contributed by atoms with Crippen molar-refractivity contribution >= 4 is 27.0 Å². The summed E-state index contributed by atoms with van der Waals surface area (Å²) >= 11 is 3.53. The molecule has 0 saturated carbocycles. The Morgan fingerprint density at radius 1 is 1.14 bits per heavy atom. The van der Waals surface area contributed by atoms with Crippen LogP contribution in [0.2, 0.25) is 0 Å². The molecule has 110 valence electrons. The lowest BCUT2D eigenvalue weighted by atomic mass is 9.96. The van der Waals surface area contributed by atoms with Crippen LogP contribution in [0.4, 0.5) is 0 Å². The first-order valence-electron chi connectivity index (χ1n) is 6.62. The van der Waals surface area contributed by atoms with Crippen LogP contribution in [0.3, 0.4) is 0 Å². The zero-order valence-corrected chi connectivity index (χ0v) is 13.6. The number of hydrogen-bond donors (Lipinski definition) is 3. The number of aromatic nitrogens is 2. The highest BCUT2D eigenvalue weighted by Crippen LogP contribution is 2.34. The van der Waals surface area contributed by atoms with Crippen LogP contribution in [0.15, 0.2) is 25.8 Å². The van der Waals surface area contributed by atoms with Gasteiger partial charge in [0.2, 0.25) is 0 Å². The van der Waals surface area contributed by atoms with E-state index in [9.17, 15) is 4.79 Å². The fourth-order valence-electron chi connectivity index (χ4n) is 2.73. The van der Waals surface area contributed by atoms with Gasteiger partial charge in [0, 0.05) is 10.0 Å². The number of H-pyrrole nitrogens is 2. The second-order valence-corrected chi connectivity index (χ2v) is 6.08. The zero-order chi connectivity index (χ0) is 15.3. The molecule has 1 aromatic carbocycles. The predicted molar refractivity (Wildman–Crippen MR) is 85.6 cm³/mol. The molecule has 0 aliphatic carbocycles. The van der Waals surface area contributed by atoms with Crippen molar-refractivity contribution in [1.29, 1.82) is 0 Å². The SMILES string of the molecule is Cc1oc(C)c(C(N)c2cc3[nH]c(=O)[nH]c3cc2Br)c1C. The topological polar surface area (TPSA) is 87.8 Å². The smallest absolute Gasteiger partial charge is 0.323 e. The number of benzene rings is 1. The largest absolute Gasteiger partial charge is 0.466 e. The van der Waals surface area contributed by atoms with E-state index in [0.29, 0.717) is 0 Å². The number of fused-ring (bicyclic) bond motifs is 1. The van der Waals surface area contributed by atoms with Gasteiger partial charge in [0.05, 0.1) is 17.1 Å². The fourth-order valence-corrected chi connectivity index (χ4v) is 3.32. The molecular weight excluding hydrogens is 334 g/mol. The van der Waals surface area contributed by atoms with Gasteiger partial charge < -0.3 is 20.1 Å². The highest BCUT2D eigenvalue weighted by molar-refractivity contribution is 9.10. The van der Waals surface area contributed by atoms with E-state index in [0.717, 1.165) is 43.7 Å². The van der Waals surface area contributed by atoms with Crippen LogP contribution in [0.25, 0.3) is 11.0 Å². The van der Waals surface area contributed by atoms with E-state index in [2.05, 4.69) is 25.9 Å². The minimum atomic E-state index is -0.320. The van der Waals surface area contributed by atoms with Crippen molar-refractivity contribution in [2.45, 2.75) is 26.8 Å². The summed E-state index contributed by atoms with van der Waals surface area (Å²) < 4.78 is 6.52. The normalized spacial score (nSPS) is 13.0. The molecular formula is C15H16BrN3O2. The van der Waals surface area contributed by atoms with E-state index in [1.165, 1.54) is 0 Å². The van der Waals surface area contributed by atoms with E-state index >= 15 is 0 Å². The van der Waals surface area contributed by atoms with E-state index in [4.69, 9.17) is 10.2 Å². The van der Waals surface area contributed by atoms with Crippen molar-refractivity contribution in [2.75, 3.05) is 0 Å². The van der Waals surface area contributed by atoms with Gasteiger partial charge in [0.25, 0.3) is 0 Å².